The number of aromatic nitrogens is 2. The third-order valence-corrected chi connectivity index (χ3v) is 9.60. The normalized spacial score (nSPS) is 11.5. The number of hydrogen-bond acceptors (Lipinski definition) is 4. The average molecular weight is 547 g/mol. The maximum Gasteiger partial charge on any atom is 0.160 e. The molecule has 0 saturated heterocycles. The third-order valence-electron chi connectivity index (χ3n) is 7.33. The predicted molar refractivity (Wildman–Crippen MR) is 172 cm³/mol. The van der Waals surface area contributed by atoms with Gasteiger partial charge in [-0.05, 0) is 46.8 Å². The van der Waals surface area contributed by atoms with Gasteiger partial charge in [0.25, 0.3) is 0 Å². The zero-order chi connectivity index (χ0) is 26.5. The van der Waals surface area contributed by atoms with Gasteiger partial charge in [-0.2, -0.15) is 0 Å². The van der Waals surface area contributed by atoms with Gasteiger partial charge in [-0.1, -0.05) is 103 Å². The van der Waals surface area contributed by atoms with Crippen LogP contribution in [0.2, 0.25) is 0 Å². The van der Waals surface area contributed by atoms with Crippen LogP contribution < -0.4 is 0 Å². The number of thiophene rings is 2. The van der Waals surface area contributed by atoms with Crippen molar-refractivity contribution in [1.82, 2.24) is 9.97 Å². The van der Waals surface area contributed by atoms with Crippen molar-refractivity contribution in [3.63, 3.8) is 0 Å². The second-order valence-electron chi connectivity index (χ2n) is 9.83. The smallest absolute Gasteiger partial charge is 0.160 e. The van der Waals surface area contributed by atoms with Crippen LogP contribution in [0.5, 0.6) is 0 Å². The van der Waals surface area contributed by atoms with Gasteiger partial charge >= 0.3 is 0 Å². The van der Waals surface area contributed by atoms with Crippen molar-refractivity contribution >= 4 is 52.9 Å². The van der Waals surface area contributed by atoms with E-state index in [1.165, 1.54) is 35.8 Å². The van der Waals surface area contributed by atoms with E-state index in [-0.39, 0.29) is 0 Å². The highest BCUT2D eigenvalue weighted by molar-refractivity contribution is 7.25. The molecule has 0 aliphatic rings. The summed E-state index contributed by atoms with van der Waals surface area (Å²) in [7, 11) is 0. The molecule has 0 aliphatic heterocycles. The molecule has 0 bridgehead atoms. The minimum absolute atomic E-state index is 0.743. The number of rotatable bonds is 4. The van der Waals surface area contributed by atoms with Crippen LogP contribution in [0.15, 0.2) is 133 Å². The topological polar surface area (TPSA) is 25.8 Å². The Morgan fingerprint density at radius 1 is 0.425 bits per heavy atom. The minimum atomic E-state index is 0.743. The number of fused-ring (bicyclic) bond motifs is 4. The Labute approximate surface area is 239 Å². The molecule has 0 radical (unpaired) electrons. The molecule has 3 aromatic heterocycles. The lowest BCUT2D eigenvalue weighted by atomic mass is 9.97. The molecule has 8 rings (SSSR count). The van der Waals surface area contributed by atoms with Crippen LogP contribution in [0, 0.1) is 0 Å². The summed E-state index contributed by atoms with van der Waals surface area (Å²) in [6.07, 6.45) is 0. The maximum atomic E-state index is 5.20. The number of nitrogens with zero attached hydrogens (tertiary/aromatic N) is 2. The van der Waals surface area contributed by atoms with Crippen molar-refractivity contribution < 1.29 is 0 Å². The predicted octanol–water partition coefficient (Wildman–Crippen LogP) is 10.7. The molecule has 3 heterocycles. The lowest BCUT2D eigenvalue weighted by Crippen LogP contribution is -1.96. The first-order chi connectivity index (χ1) is 19.8. The second-order valence-corrected chi connectivity index (χ2v) is 12.0. The molecule has 0 fully saturated rings. The summed E-state index contributed by atoms with van der Waals surface area (Å²) in [5.41, 5.74) is 6.33. The molecule has 40 heavy (non-hydrogen) atoms. The van der Waals surface area contributed by atoms with E-state index in [0.29, 0.717) is 0 Å². The van der Waals surface area contributed by atoms with Gasteiger partial charge < -0.3 is 0 Å². The molecule has 2 nitrogen and oxygen atoms in total. The maximum absolute atomic E-state index is 5.20. The monoisotopic (exact) mass is 546 g/mol. The highest BCUT2D eigenvalue weighted by Gasteiger charge is 2.16. The van der Waals surface area contributed by atoms with Gasteiger partial charge in [0.1, 0.15) is 0 Å². The summed E-state index contributed by atoms with van der Waals surface area (Å²) in [5, 5.41) is 3.81. The van der Waals surface area contributed by atoms with Crippen LogP contribution in [-0.2, 0) is 0 Å². The fraction of sp³-hybridized carbons (Fsp3) is 0. The summed E-state index contributed by atoms with van der Waals surface area (Å²) >= 11 is 3.60. The first kappa shape index (κ1) is 23.3. The lowest BCUT2D eigenvalue weighted by Gasteiger charge is -2.12. The van der Waals surface area contributed by atoms with Crippen LogP contribution in [-0.4, -0.2) is 9.97 Å². The Morgan fingerprint density at radius 2 is 1.12 bits per heavy atom. The Morgan fingerprint density at radius 3 is 2.00 bits per heavy atom. The molecular formula is C36H22N2S2. The second kappa shape index (κ2) is 9.53. The molecule has 188 valence electrons. The summed E-state index contributed by atoms with van der Waals surface area (Å²) in [4.78, 5) is 11.5. The molecule has 0 amide bonds. The molecule has 0 saturated carbocycles. The summed E-state index contributed by atoms with van der Waals surface area (Å²) < 4.78 is 3.81. The molecule has 5 aromatic carbocycles. The van der Waals surface area contributed by atoms with E-state index >= 15 is 0 Å². The molecule has 0 spiro atoms. The fourth-order valence-corrected chi connectivity index (χ4v) is 7.56. The van der Waals surface area contributed by atoms with Crippen LogP contribution >= 0.6 is 22.7 Å². The molecule has 4 heteroatoms. The molecule has 0 N–H and O–H groups in total. The largest absolute Gasteiger partial charge is 0.228 e. The third kappa shape index (κ3) is 4.01. The highest BCUT2D eigenvalue weighted by atomic mass is 32.1. The SMILES string of the molecule is c1ccc(-c2ccccc2-c2cc(-c3cc4ccccc4s3)nc(-c3ccc4c(c3)sc3ccccc34)n2)cc1. The average Bonchev–Trinajstić information content (AvgIpc) is 3.63. The van der Waals surface area contributed by atoms with Crippen LogP contribution in [0.25, 0.3) is 74.6 Å². The minimum Gasteiger partial charge on any atom is -0.228 e. The highest BCUT2D eigenvalue weighted by Crippen LogP contribution is 2.39. The molecular weight excluding hydrogens is 525 g/mol. The fourth-order valence-electron chi connectivity index (χ4n) is 5.39. The van der Waals surface area contributed by atoms with Gasteiger partial charge in [-0.15, -0.1) is 22.7 Å². The number of benzene rings is 5. The van der Waals surface area contributed by atoms with Gasteiger partial charge in [0.15, 0.2) is 5.82 Å². The lowest BCUT2D eigenvalue weighted by molar-refractivity contribution is 1.19. The van der Waals surface area contributed by atoms with E-state index < -0.39 is 0 Å². The number of hydrogen-bond donors (Lipinski definition) is 0. The first-order valence-corrected chi connectivity index (χ1v) is 14.9. The zero-order valence-electron chi connectivity index (χ0n) is 21.4. The van der Waals surface area contributed by atoms with E-state index in [4.69, 9.17) is 9.97 Å². The zero-order valence-corrected chi connectivity index (χ0v) is 23.0. The van der Waals surface area contributed by atoms with Gasteiger partial charge in [-0.25, -0.2) is 9.97 Å². The van der Waals surface area contributed by atoms with Crippen molar-refractivity contribution in [1.29, 1.82) is 0 Å². The molecule has 0 aliphatic carbocycles. The van der Waals surface area contributed by atoms with Crippen LogP contribution in [0.3, 0.4) is 0 Å². The Balaban J connectivity index is 1.36. The van der Waals surface area contributed by atoms with Crippen molar-refractivity contribution in [2.45, 2.75) is 0 Å². The van der Waals surface area contributed by atoms with Gasteiger partial charge in [-0.3, -0.25) is 0 Å². The van der Waals surface area contributed by atoms with Gasteiger partial charge in [0, 0.05) is 36.0 Å². The van der Waals surface area contributed by atoms with Gasteiger partial charge in [0.05, 0.1) is 16.3 Å². The van der Waals surface area contributed by atoms with Crippen molar-refractivity contribution in [2.75, 3.05) is 0 Å². The summed E-state index contributed by atoms with van der Waals surface area (Å²) in [6, 6.07) is 47.2. The Hall–Kier alpha value is -4.64. The van der Waals surface area contributed by atoms with E-state index in [0.717, 1.165) is 38.8 Å². The Bertz CT molecular complexity index is 2140. The van der Waals surface area contributed by atoms with E-state index in [9.17, 15) is 0 Å². The van der Waals surface area contributed by atoms with E-state index in [1.807, 2.05) is 11.3 Å². The molecule has 8 aromatic rings. The Kier molecular flexibility index (Phi) is 5.54. The molecule has 0 atom stereocenters. The van der Waals surface area contributed by atoms with Gasteiger partial charge in [0.2, 0.25) is 0 Å². The van der Waals surface area contributed by atoms with Crippen molar-refractivity contribution in [3.05, 3.63) is 133 Å². The standard InChI is InChI=1S/C36H22N2S2/c1-2-10-23(11-3-1)26-13-5-6-14-27(26)30-22-31(35-20-24-12-4-8-16-32(24)39-35)38-36(37-30)25-18-19-29-28-15-7-9-17-33(28)40-34(29)21-25/h1-22H. The van der Waals surface area contributed by atoms with Crippen LogP contribution in [0.1, 0.15) is 0 Å². The molecule has 0 unspecified atom stereocenters. The quantitative estimate of drug-likeness (QED) is 0.219. The van der Waals surface area contributed by atoms with Crippen LogP contribution in [0.4, 0.5) is 0 Å². The summed E-state index contributed by atoms with van der Waals surface area (Å²) in [5.74, 6) is 0.743. The first-order valence-electron chi connectivity index (χ1n) is 13.2. The van der Waals surface area contributed by atoms with Crippen molar-refractivity contribution in [2.24, 2.45) is 0 Å². The van der Waals surface area contributed by atoms with E-state index in [1.54, 1.807) is 11.3 Å². The summed E-state index contributed by atoms with van der Waals surface area (Å²) in [6.45, 7) is 0. The van der Waals surface area contributed by atoms with E-state index in [2.05, 4.69) is 133 Å². The van der Waals surface area contributed by atoms with Crippen molar-refractivity contribution in [3.8, 4) is 44.3 Å².